The predicted octanol–water partition coefficient (Wildman–Crippen LogP) is 3.55. The van der Waals surface area contributed by atoms with Crippen LogP contribution in [0.2, 0.25) is 0 Å². The Labute approximate surface area is 153 Å². The summed E-state index contributed by atoms with van der Waals surface area (Å²) in [6, 6.07) is 12.3. The van der Waals surface area contributed by atoms with Crippen LogP contribution in [0.15, 0.2) is 41.8 Å². The maximum Gasteiger partial charge on any atom is 0.227 e. The number of hydrogen-bond donors (Lipinski definition) is 0. The van der Waals surface area contributed by atoms with Crippen molar-refractivity contribution >= 4 is 17.2 Å². The highest BCUT2D eigenvalue weighted by molar-refractivity contribution is 7.09. The lowest BCUT2D eigenvalue weighted by Gasteiger charge is -2.34. The third-order valence-corrected chi connectivity index (χ3v) is 5.56. The van der Waals surface area contributed by atoms with Gasteiger partial charge in [-0.05, 0) is 48.4 Å². The van der Waals surface area contributed by atoms with Crippen LogP contribution in [0.4, 0.5) is 0 Å². The summed E-state index contributed by atoms with van der Waals surface area (Å²) in [7, 11) is 1.65. The maximum atomic E-state index is 13.0. The molecule has 0 N–H and O–H groups in total. The Hall–Kier alpha value is -1.85. The van der Waals surface area contributed by atoms with E-state index >= 15 is 0 Å². The van der Waals surface area contributed by atoms with Crippen molar-refractivity contribution in [2.24, 2.45) is 0 Å². The van der Waals surface area contributed by atoms with Gasteiger partial charge in [0.05, 0.1) is 13.5 Å². The molecule has 0 atom stereocenters. The quantitative estimate of drug-likeness (QED) is 0.759. The summed E-state index contributed by atoms with van der Waals surface area (Å²) in [5.41, 5.74) is 0.998. The van der Waals surface area contributed by atoms with Gasteiger partial charge in [-0.15, -0.1) is 11.3 Å². The van der Waals surface area contributed by atoms with Crippen molar-refractivity contribution in [1.82, 2.24) is 4.90 Å². The molecule has 1 aromatic heterocycles. The van der Waals surface area contributed by atoms with E-state index in [1.165, 1.54) is 4.88 Å². The van der Waals surface area contributed by atoms with Gasteiger partial charge in [-0.2, -0.15) is 0 Å². The fourth-order valence-corrected chi connectivity index (χ4v) is 3.95. The molecule has 0 radical (unpaired) electrons. The first kappa shape index (κ1) is 18.0. The van der Waals surface area contributed by atoms with Crippen molar-refractivity contribution in [2.75, 3.05) is 26.9 Å². The molecule has 1 aliphatic heterocycles. The maximum absolute atomic E-state index is 13.0. The minimum Gasteiger partial charge on any atom is -0.497 e. The lowest BCUT2D eigenvalue weighted by molar-refractivity contribution is -0.134. The summed E-state index contributed by atoms with van der Waals surface area (Å²) in [4.78, 5) is 16.4. The standard InChI is InChI=1S/C20H25NO3S/c1-23-18-5-2-4-16(14-18)15-20(22)21(17-8-11-24-12-9-17)10-7-19-6-3-13-25-19/h2-6,13-14,17H,7-12,15H2,1H3. The van der Waals surface area contributed by atoms with E-state index in [1.807, 2.05) is 24.3 Å². The molecule has 0 saturated carbocycles. The van der Waals surface area contributed by atoms with Crippen LogP contribution in [0, 0.1) is 0 Å². The first-order chi connectivity index (χ1) is 12.3. The van der Waals surface area contributed by atoms with Crippen molar-refractivity contribution in [3.63, 3.8) is 0 Å². The second-order valence-electron chi connectivity index (χ2n) is 6.29. The van der Waals surface area contributed by atoms with E-state index in [1.54, 1.807) is 18.4 Å². The molecule has 25 heavy (non-hydrogen) atoms. The molecule has 4 nitrogen and oxygen atoms in total. The van der Waals surface area contributed by atoms with Crippen LogP contribution in [0.25, 0.3) is 0 Å². The Morgan fingerprint density at radius 3 is 2.84 bits per heavy atom. The van der Waals surface area contributed by atoms with E-state index in [0.29, 0.717) is 6.42 Å². The monoisotopic (exact) mass is 359 g/mol. The van der Waals surface area contributed by atoms with Crippen LogP contribution in [-0.4, -0.2) is 43.7 Å². The van der Waals surface area contributed by atoms with Crippen LogP contribution >= 0.6 is 11.3 Å². The van der Waals surface area contributed by atoms with Crippen LogP contribution in [-0.2, 0) is 22.4 Å². The summed E-state index contributed by atoms with van der Waals surface area (Å²) < 4.78 is 10.7. The minimum atomic E-state index is 0.191. The van der Waals surface area contributed by atoms with E-state index in [4.69, 9.17) is 9.47 Å². The first-order valence-corrected chi connectivity index (χ1v) is 9.67. The van der Waals surface area contributed by atoms with Gasteiger partial charge in [0.2, 0.25) is 5.91 Å². The lowest BCUT2D eigenvalue weighted by Crippen LogP contribution is -2.45. The Morgan fingerprint density at radius 1 is 1.28 bits per heavy atom. The van der Waals surface area contributed by atoms with Gasteiger partial charge in [0, 0.05) is 30.7 Å². The van der Waals surface area contributed by atoms with Gasteiger partial charge in [0.1, 0.15) is 5.75 Å². The highest BCUT2D eigenvalue weighted by atomic mass is 32.1. The molecule has 1 aromatic carbocycles. The number of carbonyl (C=O) groups is 1. The van der Waals surface area contributed by atoms with Gasteiger partial charge in [-0.25, -0.2) is 0 Å². The number of methoxy groups -OCH3 is 1. The molecule has 0 bridgehead atoms. The number of carbonyl (C=O) groups excluding carboxylic acids is 1. The lowest BCUT2D eigenvalue weighted by atomic mass is 10.0. The zero-order chi connectivity index (χ0) is 17.5. The van der Waals surface area contributed by atoms with E-state index in [0.717, 1.165) is 50.3 Å². The van der Waals surface area contributed by atoms with Gasteiger partial charge in [-0.1, -0.05) is 18.2 Å². The SMILES string of the molecule is COc1cccc(CC(=O)N(CCc2cccs2)C2CCOCC2)c1. The van der Waals surface area contributed by atoms with E-state index < -0.39 is 0 Å². The zero-order valence-electron chi connectivity index (χ0n) is 14.6. The smallest absolute Gasteiger partial charge is 0.227 e. The van der Waals surface area contributed by atoms with Crippen molar-refractivity contribution in [3.8, 4) is 5.75 Å². The van der Waals surface area contributed by atoms with Crippen LogP contribution < -0.4 is 4.74 Å². The fraction of sp³-hybridized carbons (Fsp3) is 0.450. The largest absolute Gasteiger partial charge is 0.497 e. The van der Waals surface area contributed by atoms with E-state index in [-0.39, 0.29) is 11.9 Å². The van der Waals surface area contributed by atoms with Gasteiger partial charge in [0.25, 0.3) is 0 Å². The molecule has 2 aromatic rings. The van der Waals surface area contributed by atoms with Crippen LogP contribution in [0.5, 0.6) is 5.75 Å². The molecule has 5 heteroatoms. The van der Waals surface area contributed by atoms with Gasteiger partial charge in [0.15, 0.2) is 0 Å². The molecular weight excluding hydrogens is 334 g/mol. The second kappa shape index (κ2) is 9.02. The molecule has 1 aliphatic rings. The Kier molecular flexibility index (Phi) is 6.48. The Morgan fingerprint density at radius 2 is 2.12 bits per heavy atom. The normalized spacial score (nSPS) is 15.1. The van der Waals surface area contributed by atoms with Gasteiger partial charge >= 0.3 is 0 Å². The van der Waals surface area contributed by atoms with Crippen molar-refractivity contribution < 1.29 is 14.3 Å². The summed E-state index contributed by atoms with van der Waals surface area (Å²) >= 11 is 1.75. The number of hydrogen-bond acceptors (Lipinski definition) is 4. The van der Waals surface area contributed by atoms with Gasteiger partial charge < -0.3 is 14.4 Å². The molecule has 1 saturated heterocycles. The molecule has 0 spiro atoms. The Bertz CT molecular complexity index is 665. The summed E-state index contributed by atoms with van der Waals surface area (Å²) in [5.74, 6) is 0.984. The topological polar surface area (TPSA) is 38.8 Å². The highest BCUT2D eigenvalue weighted by Gasteiger charge is 2.25. The fourth-order valence-electron chi connectivity index (χ4n) is 3.25. The molecule has 1 fully saturated rings. The average Bonchev–Trinajstić information content (AvgIpc) is 3.16. The molecule has 0 aliphatic carbocycles. The van der Waals surface area contributed by atoms with Crippen molar-refractivity contribution in [1.29, 1.82) is 0 Å². The summed E-state index contributed by atoms with van der Waals surface area (Å²) in [5, 5.41) is 2.09. The summed E-state index contributed by atoms with van der Waals surface area (Å²) in [6.45, 7) is 2.26. The van der Waals surface area contributed by atoms with Crippen LogP contribution in [0.3, 0.4) is 0 Å². The van der Waals surface area contributed by atoms with E-state index in [2.05, 4.69) is 22.4 Å². The molecule has 3 rings (SSSR count). The number of ether oxygens (including phenoxy) is 2. The third-order valence-electron chi connectivity index (χ3n) is 4.62. The average molecular weight is 359 g/mol. The molecule has 2 heterocycles. The number of rotatable bonds is 7. The highest BCUT2D eigenvalue weighted by Crippen LogP contribution is 2.19. The molecule has 0 unspecified atom stereocenters. The second-order valence-corrected chi connectivity index (χ2v) is 7.32. The van der Waals surface area contributed by atoms with Crippen molar-refractivity contribution in [3.05, 3.63) is 52.2 Å². The molecular formula is C20H25NO3S. The third kappa shape index (κ3) is 5.06. The number of amides is 1. The predicted molar refractivity (Wildman–Crippen MR) is 100 cm³/mol. The number of thiophene rings is 1. The van der Waals surface area contributed by atoms with Crippen molar-refractivity contribution in [2.45, 2.75) is 31.7 Å². The van der Waals surface area contributed by atoms with E-state index in [9.17, 15) is 4.79 Å². The minimum absolute atomic E-state index is 0.191. The summed E-state index contributed by atoms with van der Waals surface area (Å²) in [6.07, 6.45) is 3.18. The van der Waals surface area contributed by atoms with Gasteiger partial charge in [-0.3, -0.25) is 4.79 Å². The number of benzene rings is 1. The first-order valence-electron chi connectivity index (χ1n) is 8.79. The Balaban J connectivity index is 1.68. The number of nitrogens with zero attached hydrogens (tertiary/aromatic N) is 1. The molecule has 134 valence electrons. The van der Waals surface area contributed by atoms with Crippen LogP contribution in [0.1, 0.15) is 23.3 Å². The molecule has 1 amide bonds. The zero-order valence-corrected chi connectivity index (χ0v) is 15.5.